The summed E-state index contributed by atoms with van der Waals surface area (Å²) in [5.74, 6) is 0.712. The number of halogens is 2. The summed E-state index contributed by atoms with van der Waals surface area (Å²) in [6, 6.07) is 15.1. The number of aromatic nitrogens is 2. The van der Waals surface area contributed by atoms with Gasteiger partial charge in [-0.2, -0.15) is 4.98 Å². The molecule has 6 nitrogen and oxygen atoms in total. The van der Waals surface area contributed by atoms with Crippen LogP contribution in [0.2, 0.25) is 10.0 Å². The van der Waals surface area contributed by atoms with Crippen LogP contribution in [0.5, 0.6) is 11.8 Å². The summed E-state index contributed by atoms with van der Waals surface area (Å²) in [5.41, 5.74) is 2.30. The molecule has 0 amide bonds. The van der Waals surface area contributed by atoms with E-state index in [2.05, 4.69) is 4.98 Å². The Morgan fingerprint density at radius 1 is 1.09 bits per heavy atom. The molecule has 0 unspecified atom stereocenters. The van der Waals surface area contributed by atoms with E-state index in [1.807, 2.05) is 41.0 Å². The van der Waals surface area contributed by atoms with Crippen LogP contribution in [-0.2, 0) is 17.9 Å². The number of rotatable bonds is 7. The number of fused-ring (bicyclic) bond motifs is 1. The Bertz CT molecular complexity index is 1190. The molecule has 1 aliphatic carbocycles. The van der Waals surface area contributed by atoms with Gasteiger partial charge in [-0.3, -0.25) is 9.36 Å². The van der Waals surface area contributed by atoms with Crippen LogP contribution in [0.15, 0.2) is 53.3 Å². The maximum atomic E-state index is 12.0. The lowest BCUT2D eigenvalue weighted by Crippen LogP contribution is -2.23. The summed E-state index contributed by atoms with van der Waals surface area (Å²) < 4.78 is 19.7. The van der Waals surface area contributed by atoms with Crippen molar-refractivity contribution in [2.24, 2.45) is 0 Å². The van der Waals surface area contributed by atoms with Crippen LogP contribution in [0.4, 0.5) is 0 Å². The summed E-state index contributed by atoms with van der Waals surface area (Å²) in [6.45, 7) is 1.28. The van der Waals surface area contributed by atoms with Gasteiger partial charge in [-0.25, -0.2) is 0 Å². The fourth-order valence-electron chi connectivity index (χ4n) is 4.32. The van der Waals surface area contributed by atoms with Gasteiger partial charge in [0, 0.05) is 11.6 Å². The van der Waals surface area contributed by atoms with Gasteiger partial charge < -0.3 is 14.2 Å². The third kappa shape index (κ3) is 5.03. The largest absolute Gasteiger partial charge is 0.490 e. The molecule has 2 aliphatic rings. The Hall–Kier alpha value is -2.54. The smallest absolute Gasteiger partial charge is 0.300 e. The normalized spacial score (nSPS) is 17.7. The topological polar surface area (TPSA) is 62.6 Å². The van der Waals surface area contributed by atoms with Crippen molar-refractivity contribution in [1.82, 2.24) is 9.55 Å². The van der Waals surface area contributed by atoms with E-state index in [0.29, 0.717) is 41.6 Å². The Balaban J connectivity index is 1.21. The second-order valence-electron chi connectivity index (χ2n) is 8.37. The van der Waals surface area contributed by atoms with E-state index < -0.39 is 0 Å². The van der Waals surface area contributed by atoms with Crippen molar-refractivity contribution < 1.29 is 14.2 Å². The highest BCUT2D eigenvalue weighted by atomic mass is 35.5. The molecule has 8 heteroatoms. The third-order valence-corrected chi connectivity index (χ3v) is 6.87. The molecule has 1 fully saturated rings. The summed E-state index contributed by atoms with van der Waals surface area (Å²) in [6.07, 6.45) is 4.60. The van der Waals surface area contributed by atoms with E-state index in [-0.39, 0.29) is 17.8 Å². The number of ether oxygens (including phenoxy) is 3. The summed E-state index contributed by atoms with van der Waals surface area (Å²) in [7, 11) is 0. The van der Waals surface area contributed by atoms with Crippen molar-refractivity contribution in [3.8, 4) is 22.9 Å². The Labute approximate surface area is 202 Å². The van der Waals surface area contributed by atoms with Crippen LogP contribution in [-0.4, -0.2) is 28.4 Å². The molecule has 0 radical (unpaired) electrons. The average molecular weight is 487 g/mol. The second kappa shape index (κ2) is 9.75. The molecule has 33 heavy (non-hydrogen) atoms. The minimum Gasteiger partial charge on any atom is -0.490 e. The van der Waals surface area contributed by atoms with Gasteiger partial charge in [-0.15, -0.1) is 0 Å². The van der Waals surface area contributed by atoms with Gasteiger partial charge in [0.25, 0.3) is 5.56 Å². The lowest BCUT2D eigenvalue weighted by Gasteiger charge is -2.14. The highest BCUT2D eigenvalue weighted by Crippen LogP contribution is 2.34. The molecule has 0 saturated heterocycles. The van der Waals surface area contributed by atoms with Gasteiger partial charge >= 0.3 is 6.01 Å². The molecule has 2 heterocycles. The molecule has 0 N–H and O–H groups in total. The molecular weight excluding hydrogens is 463 g/mol. The van der Waals surface area contributed by atoms with E-state index in [9.17, 15) is 4.79 Å². The van der Waals surface area contributed by atoms with E-state index in [1.165, 1.54) is 18.9 Å². The van der Waals surface area contributed by atoms with Gasteiger partial charge in [0.2, 0.25) is 0 Å². The van der Waals surface area contributed by atoms with E-state index in [0.717, 1.165) is 29.7 Å². The second-order valence-corrected chi connectivity index (χ2v) is 9.16. The first kappa shape index (κ1) is 22.3. The SMILES string of the molecule is O=c1cc(COC2CCCC2)n2c(n1)O[C@H](COc1ccc(-c3cccc(Cl)c3Cl)cc1)C2. The number of benzene rings is 2. The molecule has 1 aromatic heterocycles. The zero-order valence-corrected chi connectivity index (χ0v) is 19.5. The monoisotopic (exact) mass is 486 g/mol. The van der Waals surface area contributed by atoms with Crippen molar-refractivity contribution >= 4 is 23.2 Å². The van der Waals surface area contributed by atoms with Gasteiger partial charge in [0.15, 0.2) is 6.10 Å². The average Bonchev–Trinajstić information content (AvgIpc) is 3.48. The zero-order valence-electron chi connectivity index (χ0n) is 18.0. The molecule has 172 valence electrons. The lowest BCUT2D eigenvalue weighted by molar-refractivity contribution is 0.0418. The minimum absolute atomic E-state index is 0.244. The van der Waals surface area contributed by atoms with E-state index in [1.54, 1.807) is 6.07 Å². The standard InChI is InChI=1S/C25H24Cl2N2O4/c26-22-7-3-6-21(24(22)27)16-8-10-19(11-9-16)32-15-20-13-29-17(12-23(30)28-25(29)33-20)14-31-18-4-1-2-5-18/h3,6-12,18,20H,1-2,4-5,13-15H2/t20-/m0/s1. The van der Waals surface area contributed by atoms with Crippen LogP contribution in [0, 0.1) is 0 Å². The molecular formula is C25H24Cl2N2O4. The van der Waals surface area contributed by atoms with E-state index >= 15 is 0 Å². The highest BCUT2D eigenvalue weighted by molar-refractivity contribution is 6.43. The molecule has 0 spiro atoms. The minimum atomic E-state index is -0.317. The molecule has 1 aliphatic heterocycles. The Morgan fingerprint density at radius 2 is 1.88 bits per heavy atom. The van der Waals surface area contributed by atoms with Crippen LogP contribution in [0.3, 0.4) is 0 Å². The van der Waals surface area contributed by atoms with Crippen molar-refractivity contribution in [1.29, 1.82) is 0 Å². The van der Waals surface area contributed by atoms with Gasteiger partial charge in [-0.1, -0.05) is 60.3 Å². The third-order valence-electron chi connectivity index (χ3n) is 6.05. The van der Waals surface area contributed by atoms with Crippen LogP contribution >= 0.6 is 23.2 Å². The molecule has 0 bridgehead atoms. The van der Waals surface area contributed by atoms with Crippen LogP contribution in [0.25, 0.3) is 11.1 Å². The fraction of sp³-hybridized carbons (Fsp3) is 0.360. The van der Waals surface area contributed by atoms with Crippen LogP contribution < -0.4 is 15.0 Å². The van der Waals surface area contributed by atoms with Gasteiger partial charge in [0.1, 0.15) is 12.4 Å². The quantitative estimate of drug-likeness (QED) is 0.440. The van der Waals surface area contributed by atoms with Gasteiger partial charge in [-0.05, 0) is 36.6 Å². The van der Waals surface area contributed by atoms with Crippen LogP contribution in [0.1, 0.15) is 31.4 Å². The summed E-state index contributed by atoms with van der Waals surface area (Å²) >= 11 is 12.4. The van der Waals surface area contributed by atoms with Crippen molar-refractivity contribution in [3.05, 3.63) is 74.6 Å². The van der Waals surface area contributed by atoms with Crippen molar-refractivity contribution in [3.63, 3.8) is 0 Å². The Morgan fingerprint density at radius 3 is 2.67 bits per heavy atom. The Kier molecular flexibility index (Phi) is 6.58. The fourth-order valence-corrected chi connectivity index (χ4v) is 4.73. The van der Waals surface area contributed by atoms with Gasteiger partial charge in [0.05, 0.1) is 35.0 Å². The maximum absolute atomic E-state index is 12.0. The first-order chi connectivity index (χ1) is 16.1. The first-order valence-corrected chi connectivity index (χ1v) is 11.9. The van der Waals surface area contributed by atoms with Crippen molar-refractivity contribution in [2.45, 2.75) is 51.0 Å². The number of hydrogen-bond acceptors (Lipinski definition) is 5. The zero-order chi connectivity index (χ0) is 22.8. The highest BCUT2D eigenvalue weighted by Gasteiger charge is 2.27. The molecule has 2 aromatic carbocycles. The predicted octanol–water partition coefficient (Wildman–Crippen LogP) is 5.52. The number of nitrogens with zero attached hydrogens (tertiary/aromatic N) is 2. The first-order valence-electron chi connectivity index (χ1n) is 11.1. The molecule has 1 saturated carbocycles. The molecule has 1 atom stereocenters. The van der Waals surface area contributed by atoms with E-state index in [4.69, 9.17) is 37.4 Å². The predicted molar refractivity (Wildman–Crippen MR) is 127 cm³/mol. The molecule has 3 aromatic rings. The van der Waals surface area contributed by atoms with Crippen molar-refractivity contribution in [2.75, 3.05) is 6.61 Å². The maximum Gasteiger partial charge on any atom is 0.300 e. The number of hydrogen-bond donors (Lipinski definition) is 0. The lowest BCUT2D eigenvalue weighted by atomic mass is 10.1. The summed E-state index contributed by atoms with van der Waals surface area (Å²) in [5, 5.41) is 1.05. The molecule has 5 rings (SSSR count). The summed E-state index contributed by atoms with van der Waals surface area (Å²) in [4.78, 5) is 16.0.